The quantitative estimate of drug-likeness (QED) is 0.873. The van der Waals surface area contributed by atoms with Crippen molar-refractivity contribution < 1.29 is 17.9 Å². The van der Waals surface area contributed by atoms with Gasteiger partial charge in [0.05, 0.1) is 19.8 Å². The molecule has 118 valence electrons. The number of nitrogens with zero attached hydrogens (tertiary/aromatic N) is 4. The molecule has 0 aromatic carbocycles. The zero-order valence-electron chi connectivity index (χ0n) is 11.7. The van der Waals surface area contributed by atoms with E-state index in [1.165, 1.54) is 4.57 Å². The Morgan fingerprint density at radius 1 is 1.29 bits per heavy atom. The van der Waals surface area contributed by atoms with Gasteiger partial charge in [-0.2, -0.15) is 13.2 Å². The van der Waals surface area contributed by atoms with E-state index in [4.69, 9.17) is 4.74 Å². The number of aromatic nitrogens is 3. The molecule has 1 aromatic rings. The van der Waals surface area contributed by atoms with Gasteiger partial charge in [0.2, 0.25) is 5.82 Å². The maximum atomic E-state index is 12.8. The normalized spacial score (nSPS) is 27.0. The van der Waals surface area contributed by atoms with E-state index in [-0.39, 0.29) is 6.54 Å². The number of hydrogen-bond acceptors (Lipinski definition) is 5. The summed E-state index contributed by atoms with van der Waals surface area (Å²) < 4.78 is 44.9. The molecule has 1 N–H and O–H groups in total. The number of halogens is 3. The Balaban J connectivity index is 1.67. The van der Waals surface area contributed by atoms with E-state index in [9.17, 15) is 13.2 Å². The number of alkyl halides is 3. The summed E-state index contributed by atoms with van der Waals surface area (Å²) in [4.78, 5) is 2.12. The van der Waals surface area contributed by atoms with Crippen molar-refractivity contribution in [1.82, 2.24) is 25.0 Å². The van der Waals surface area contributed by atoms with Gasteiger partial charge in [0, 0.05) is 31.6 Å². The molecule has 0 bridgehead atoms. The average Bonchev–Trinajstić information content (AvgIpc) is 3.03. The Hall–Kier alpha value is -1.19. The molecule has 0 aliphatic carbocycles. The fourth-order valence-electron chi connectivity index (χ4n) is 3.00. The molecule has 3 rings (SSSR count). The molecule has 2 aliphatic heterocycles. The number of likely N-dealkylation sites (N-methyl/N-ethyl adjacent to an activating group) is 1. The van der Waals surface area contributed by atoms with Crippen LogP contribution in [0.2, 0.25) is 0 Å². The molecule has 9 heteroatoms. The third-order valence-electron chi connectivity index (χ3n) is 4.15. The lowest BCUT2D eigenvalue weighted by Gasteiger charge is -2.31. The predicted molar refractivity (Wildman–Crippen MR) is 67.5 cm³/mol. The number of hydrogen-bond donors (Lipinski definition) is 1. The smallest absolute Gasteiger partial charge is 0.379 e. The maximum absolute atomic E-state index is 12.8. The predicted octanol–water partition coefficient (Wildman–Crippen LogP) is 0.347. The van der Waals surface area contributed by atoms with Crippen LogP contribution in [0.1, 0.15) is 11.6 Å². The molecule has 0 spiro atoms. The summed E-state index contributed by atoms with van der Waals surface area (Å²) in [7, 11) is 1.90. The highest BCUT2D eigenvalue weighted by atomic mass is 19.4. The maximum Gasteiger partial charge on any atom is 0.451 e. The molecule has 2 atom stereocenters. The fourth-order valence-corrected chi connectivity index (χ4v) is 3.00. The van der Waals surface area contributed by atoms with Crippen molar-refractivity contribution in [3.05, 3.63) is 11.6 Å². The highest BCUT2D eigenvalue weighted by Gasteiger charge is 2.40. The van der Waals surface area contributed by atoms with Gasteiger partial charge in [-0.15, -0.1) is 10.2 Å². The van der Waals surface area contributed by atoms with Gasteiger partial charge in [0.25, 0.3) is 0 Å². The van der Waals surface area contributed by atoms with Gasteiger partial charge in [-0.25, -0.2) is 0 Å². The van der Waals surface area contributed by atoms with Crippen LogP contribution in [-0.4, -0.2) is 59.1 Å². The van der Waals surface area contributed by atoms with Crippen molar-refractivity contribution >= 4 is 0 Å². The first kappa shape index (κ1) is 14.7. The van der Waals surface area contributed by atoms with Gasteiger partial charge in [0.15, 0.2) is 0 Å². The van der Waals surface area contributed by atoms with Gasteiger partial charge in [-0.1, -0.05) is 0 Å². The van der Waals surface area contributed by atoms with Crippen molar-refractivity contribution in [2.24, 2.45) is 5.92 Å². The average molecular weight is 305 g/mol. The van der Waals surface area contributed by atoms with E-state index in [0.29, 0.717) is 44.1 Å². The second-order valence-electron chi connectivity index (χ2n) is 5.52. The molecular formula is C12H18F3N5O. The van der Waals surface area contributed by atoms with Gasteiger partial charge in [0.1, 0.15) is 5.82 Å². The molecule has 2 aliphatic rings. The molecule has 21 heavy (non-hydrogen) atoms. The summed E-state index contributed by atoms with van der Waals surface area (Å²) in [5, 5.41) is 10.2. The zero-order valence-corrected chi connectivity index (χ0v) is 11.7. The summed E-state index contributed by atoms with van der Waals surface area (Å²) in [5.41, 5.74) is 0. The highest BCUT2D eigenvalue weighted by Crippen LogP contribution is 2.29. The topological polar surface area (TPSA) is 55.2 Å². The lowest BCUT2D eigenvalue weighted by molar-refractivity contribution is -0.148. The molecule has 0 saturated carbocycles. The first-order chi connectivity index (χ1) is 9.99. The fraction of sp³-hybridized carbons (Fsp3) is 0.833. The van der Waals surface area contributed by atoms with E-state index in [2.05, 4.69) is 20.4 Å². The number of ether oxygens (including phenoxy) is 1. The van der Waals surface area contributed by atoms with Crippen molar-refractivity contribution in [1.29, 1.82) is 0 Å². The number of fused-ring (bicyclic) bond motifs is 1. The standard InChI is InChI=1S/C12H18F3N5O/c1-16-9-7-21-6-8(9)4-19-2-3-20-10(5-19)17-18-11(20)12(13,14)15/h8-9,16H,2-7H2,1H3. The summed E-state index contributed by atoms with van der Waals surface area (Å²) in [6.07, 6.45) is -4.44. The third-order valence-corrected chi connectivity index (χ3v) is 4.15. The van der Waals surface area contributed by atoms with Crippen LogP contribution in [0.15, 0.2) is 0 Å². The minimum Gasteiger partial charge on any atom is -0.379 e. The van der Waals surface area contributed by atoms with Gasteiger partial charge >= 0.3 is 6.18 Å². The Labute approximate surface area is 120 Å². The van der Waals surface area contributed by atoms with Crippen LogP contribution in [-0.2, 0) is 24.0 Å². The summed E-state index contributed by atoms with van der Waals surface area (Å²) in [5.74, 6) is -0.158. The SMILES string of the molecule is CNC1COCC1CN1CCn2c(nnc2C(F)(F)F)C1. The van der Waals surface area contributed by atoms with Gasteiger partial charge in [-0.05, 0) is 7.05 Å². The van der Waals surface area contributed by atoms with Crippen LogP contribution >= 0.6 is 0 Å². The Morgan fingerprint density at radius 3 is 2.81 bits per heavy atom. The molecule has 3 heterocycles. The second kappa shape index (κ2) is 5.54. The first-order valence-corrected chi connectivity index (χ1v) is 6.95. The lowest BCUT2D eigenvalue weighted by atomic mass is 10.0. The molecule has 1 aromatic heterocycles. The van der Waals surface area contributed by atoms with Crippen LogP contribution in [0.3, 0.4) is 0 Å². The van der Waals surface area contributed by atoms with E-state index in [1.54, 1.807) is 0 Å². The molecular weight excluding hydrogens is 287 g/mol. The second-order valence-corrected chi connectivity index (χ2v) is 5.52. The number of rotatable bonds is 3. The van der Waals surface area contributed by atoms with Crippen molar-refractivity contribution in [2.45, 2.75) is 25.3 Å². The van der Waals surface area contributed by atoms with E-state index in [0.717, 1.165) is 6.54 Å². The van der Waals surface area contributed by atoms with Crippen molar-refractivity contribution in [2.75, 3.05) is 33.4 Å². The van der Waals surface area contributed by atoms with Crippen molar-refractivity contribution in [3.63, 3.8) is 0 Å². The van der Waals surface area contributed by atoms with E-state index in [1.807, 2.05) is 7.05 Å². The minimum absolute atomic E-state index is 0.273. The van der Waals surface area contributed by atoms with Crippen LogP contribution in [0, 0.1) is 5.92 Å². The summed E-state index contributed by atoms with van der Waals surface area (Å²) >= 11 is 0. The Kier molecular flexibility index (Phi) is 3.89. The van der Waals surface area contributed by atoms with E-state index < -0.39 is 12.0 Å². The minimum atomic E-state index is -4.44. The van der Waals surface area contributed by atoms with Crippen LogP contribution in [0.4, 0.5) is 13.2 Å². The monoisotopic (exact) mass is 305 g/mol. The Morgan fingerprint density at radius 2 is 2.10 bits per heavy atom. The van der Waals surface area contributed by atoms with Gasteiger partial charge in [-0.3, -0.25) is 4.90 Å². The molecule has 6 nitrogen and oxygen atoms in total. The molecule has 1 fully saturated rings. The Bertz CT molecular complexity index is 504. The first-order valence-electron chi connectivity index (χ1n) is 6.95. The molecule has 0 radical (unpaired) electrons. The molecule has 2 unspecified atom stereocenters. The van der Waals surface area contributed by atoms with Crippen LogP contribution in [0.25, 0.3) is 0 Å². The molecule has 1 saturated heterocycles. The van der Waals surface area contributed by atoms with Gasteiger partial charge < -0.3 is 14.6 Å². The number of nitrogens with one attached hydrogen (secondary N) is 1. The third kappa shape index (κ3) is 2.90. The van der Waals surface area contributed by atoms with Crippen LogP contribution in [0.5, 0.6) is 0 Å². The highest BCUT2D eigenvalue weighted by molar-refractivity contribution is 5.02. The van der Waals surface area contributed by atoms with Crippen LogP contribution < -0.4 is 5.32 Å². The summed E-state index contributed by atoms with van der Waals surface area (Å²) in [6, 6.07) is 0.301. The zero-order chi connectivity index (χ0) is 15.0. The van der Waals surface area contributed by atoms with Crippen molar-refractivity contribution in [3.8, 4) is 0 Å². The summed E-state index contributed by atoms with van der Waals surface area (Å²) in [6.45, 7) is 3.40. The lowest BCUT2D eigenvalue weighted by Crippen LogP contribution is -2.43. The molecule has 0 amide bonds. The largest absolute Gasteiger partial charge is 0.451 e. The van der Waals surface area contributed by atoms with E-state index >= 15 is 0 Å².